The normalized spacial score (nSPS) is 20.6. The van der Waals surface area contributed by atoms with Gasteiger partial charge in [-0.15, -0.1) is 0 Å². The number of morpholine rings is 1. The molecule has 4 heteroatoms. The lowest BCUT2D eigenvalue weighted by molar-refractivity contribution is 0.0849. The lowest BCUT2D eigenvalue weighted by Crippen LogP contribution is -2.46. The van der Waals surface area contributed by atoms with E-state index in [1.165, 1.54) is 11.3 Å². The number of aliphatic hydroxyl groups is 1. The number of aryl methyl sites for hydroxylation is 1. The van der Waals surface area contributed by atoms with Crippen molar-refractivity contribution in [2.75, 3.05) is 31.3 Å². The molecule has 94 valence electrons. The number of ether oxygens (including phenoxy) is 1. The zero-order chi connectivity index (χ0) is 12.3. The summed E-state index contributed by atoms with van der Waals surface area (Å²) in [5.74, 6) is 0. The first kappa shape index (κ1) is 12.7. The minimum absolute atomic E-state index is 0.192. The van der Waals surface area contributed by atoms with Gasteiger partial charge in [-0.1, -0.05) is 11.6 Å². The summed E-state index contributed by atoms with van der Waals surface area (Å²) in [5.41, 5.74) is 2.36. The molecular formula is C13H18ClNO2. The molecule has 17 heavy (non-hydrogen) atoms. The number of halogens is 1. The Hall–Kier alpha value is -0.770. The number of aliphatic hydroxyl groups excluding tert-OH is 1. The highest BCUT2D eigenvalue weighted by Gasteiger charge is 2.23. The molecule has 0 aromatic heterocycles. The molecule has 1 aromatic carbocycles. The summed E-state index contributed by atoms with van der Waals surface area (Å²) in [4.78, 5) is 2.31. The predicted molar refractivity (Wildman–Crippen MR) is 69.8 cm³/mol. The summed E-state index contributed by atoms with van der Waals surface area (Å²) in [6, 6.07) is 6.19. The van der Waals surface area contributed by atoms with Gasteiger partial charge >= 0.3 is 0 Å². The van der Waals surface area contributed by atoms with E-state index in [4.69, 9.17) is 21.4 Å². The zero-order valence-corrected chi connectivity index (χ0v) is 10.8. The van der Waals surface area contributed by atoms with Crippen LogP contribution in [0.25, 0.3) is 0 Å². The van der Waals surface area contributed by atoms with Crippen molar-refractivity contribution < 1.29 is 9.84 Å². The predicted octanol–water partition coefficient (Wildman–Crippen LogP) is 2.24. The smallest absolute Gasteiger partial charge is 0.0671 e. The van der Waals surface area contributed by atoms with E-state index in [2.05, 4.69) is 11.8 Å². The van der Waals surface area contributed by atoms with Crippen molar-refractivity contribution in [1.82, 2.24) is 0 Å². The van der Waals surface area contributed by atoms with Crippen LogP contribution >= 0.6 is 11.6 Å². The number of anilines is 1. The van der Waals surface area contributed by atoms with Crippen LogP contribution in [0.5, 0.6) is 0 Å². The van der Waals surface area contributed by atoms with Crippen LogP contribution in [0.4, 0.5) is 5.69 Å². The molecule has 0 aliphatic carbocycles. The number of hydrogen-bond acceptors (Lipinski definition) is 3. The van der Waals surface area contributed by atoms with Crippen LogP contribution in [-0.2, 0) is 4.74 Å². The highest BCUT2D eigenvalue weighted by Crippen LogP contribution is 2.27. The number of hydrogen-bond donors (Lipinski definition) is 1. The standard InChI is InChI=1S/C13H18ClNO2/c1-10-8-11(14)2-3-13(10)15-5-7-17-9-12(15)4-6-16/h2-3,8,12,16H,4-7,9H2,1H3. The fraction of sp³-hybridized carbons (Fsp3) is 0.538. The quantitative estimate of drug-likeness (QED) is 0.899. The molecule has 0 radical (unpaired) electrons. The molecule has 1 aliphatic heterocycles. The average molecular weight is 256 g/mol. The van der Waals surface area contributed by atoms with Gasteiger partial charge in [-0.25, -0.2) is 0 Å². The third kappa shape index (κ3) is 2.92. The lowest BCUT2D eigenvalue weighted by atomic mass is 10.1. The van der Waals surface area contributed by atoms with E-state index < -0.39 is 0 Å². The molecule has 0 amide bonds. The first-order valence-corrected chi connectivity index (χ1v) is 6.31. The molecule has 0 spiro atoms. The van der Waals surface area contributed by atoms with Crippen LogP contribution in [0, 0.1) is 6.92 Å². The van der Waals surface area contributed by atoms with Gasteiger partial charge in [0.2, 0.25) is 0 Å². The summed E-state index contributed by atoms with van der Waals surface area (Å²) < 4.78 is 5.47. The Bertz CT molecular complexity index is 382. The highest BCUT2D eigenvalue weighted by atomic mass is 35.5. The summed E-state index contributed by atoms with van der Waals surface area (Å²) in [6.45, 7) is 4.55. The first-order valence-electron chi connectivity index (χ1n) is 5.94. The molecule has 3 nitrogen and oxygen atoms in total. The summed E-state index contributed by atoms with van der Waals surface area (Å²) in [5, 5.41) is 9.86. The van der Waals surface area contributed by atoms with Crippen molar-refractivity contribution in [3.63, 3.8) is 0 Å². The fourth-order valence-corrected chi connectivity index (χ4v) is 2.53. The summed E-state index contributed by atoms with van der Waals surface area (Å²) >= 11 is 5.97. The van der Waals surface area contributed by atoms with Crippen LogP contribution in [0.2, 0.25) is 5.02 Å². The molecule has 1 N–H and O–H groups in total. The van der Waals surface area contributed by atoms with Gasteiger partial charge in [0.15, 0.2) is 0 Å². The van der Waals surface area contributed by atoms with Crippen molar-refractivity contribution in [1.29, 1.82) is 0 Å². The van der Waals surface area contributed by atoms with Crippen molar-refractivity contribution in [3.05, 3.63) is 28.8 Å². The van der Waals surface area contributed by atoms with E-state index in [0.29, 0.717) is 6.61 Å². The van der Waals surface area contributed by atoms with Crippen LogP contribution in [0.15, 0.2) is 18.2 Å². The van der Waals surface area contributed by atoms with E-state index in [1.807, 2.05) is 18.2 Å². The molecule has 1 fully saturated rings. The zero-order valence-electron chi connectivity index (χ0n) is 10.0. The lowest BCUT2D eigenvalue weighted by Gasteiger charge is -2.38. The molecule has 2 rings (SSSR count). The van der Waals surface area contributed by atoms with Crippen molar-refractivity contribution in [2.24, 2.45) is 0 Å². The number of benzene rings is 1. The van der Waals surface area contributed by atoms with Crippen LogP contribution < -0.4 is 4.90 Å². The Morgan fingerprint density at radius 3 is 3.06 bits per heavy atom. The topological polar surface area (TPSA) is 32.7 Å². The molecular weight excluding hydrogens is 238 g/mol. The Morgan fingerprint density at radius 2 is 2.35 bits per heavy atom. The highest BCUT2D eigenvalue weighted by molar-refractivity contribution is 6.30. The van der Waals surface area contributed by atoms with Gasteiger partial charge in [0, 0.05) is 23.9 Å². The van der Waals surface area contributed by atoms with Crippen LogP contribution in [-0.4, -0.2) is 37.5 Å². The first-order chi connectivity index (χ1) is 8.22. The molecule has 0 bridgehead atoms. The van der Waals surface area contributed by atoms with Crippen LogP contribution in [0.3, 0.4) is 0 Å². The van der Waals surface area contributed by atoms with Gasteiger partial charge in [-0.3, -0.25) is 0 Å². The van der Waals surface area contributed by atoms with E-state index >= 15 is 0 Å². The monoisotopic (exact) mass is 255 g/mol. The molecule has 1 aliphatic rings. The maximum absolute atomic E-state index is 9.09. The molecule has 1 unspecified atom stereocenters. The molecule has 1 saturated heterocycles. The van der Waals surface area contributed by atoms with Crippen molar-refractivity contribution >= 4 is 17.3 Å². The fourth-order valence-electron chi connectivity index (χ4n) is 2.30. The van der Waals surface area contributed by atoms with E-state index in [9.17, 15) is 0 Å². The number of nitrogens with zero attached hydrogens (tertiary/aromatic N) is 1. The largest absolute Gasteiger partial charge is 0.396 e. The molecule has 1 atom stereocenters. The van der Waals surface area contributed by atoms with Gasteiger partial charge in [0.1, 0.15) is 0 Å². The second kappa shape index (κ2) is 5.71. The second-order valence-electron chi connectivity index (χ2n) is 4.37. The van der Waals surface area contributed by atoms with Gasteiger partial charge < -0.3 is 14.7 Å². The Morgan fingerprint density at radius 1 is 1.53 bits per heavy atom. The summed E-state index contributed by atoms with van der Waals surface area (Å²) in [6.07, 6.45) is 0.738. The van der Waals surface area contributed by atoms with Crippen molar-refractivity contribution in [2.45, 2.75) is 19.4 Å². The summed E-state index contributed by atoms with van der Waals surface area (Å²) in [7, 11) is 0. The van der Waals surface area contributed by atoms with Crippen molar-refractivity contribution in [3.8, 4) is 0 Å². The second-order valence-corrected chi connectivity index (χ2v) is 4.80. The third-order valence-corrected chi connectivity index (χ3v) is 3.39. The van der Waals surface area contributed by atoms with Gasteiger partial charge in [-0.05, 0) is 37.1 Å². The Kier molecular flexibility index (Phi) is 4.26. The SMILES string of the molecule is Cc1cc(Cl)ccc1N1CCOCC1CCO. The van der Waals surface area contributed by atoms with Gasteiger partial charge in [-0.2, -0.15) is 0 Å². The van der Waals surface area contributed by atoms with Gasteiger partial charge in [0.25, 0.3) is 0 Å². The Labute approximate surface area is 107 Å². The molecule has 1 aromatic rings. The van der Waals surface area contributed by atoms with E-state index in [-0.39, 0.29) is 12.6 Å². The Balaban J connectivity index is 2.23. The van der Waals surface area contributed by atoms with E-state index in [1.54, 1.807) is 0 Å². The minimum atomic E-state index is 0.192. The van der Waals surface area contributed by atoms with Gasteiger partial charge in [0.05, 0.1) is 19.3 Å². The average Bonchev–Trinajstić information content (AvgIpc) is 2.31. The maximum atomic E-state index is 9.09. The minimum Gasteiger partial charge on any atom is -0.396 e. The number of rotatable bonds is 3. The molecule has 0 saturated carbocycles. The third-order valence-electron chi connectivity index (χ3n) is 3.16. The maximum Gasteiger partial charge on any atom is 0.0671 e. The van der Waals surface area contributed by atoms with E-state index in [0.717, 1.165) is 24.6 Å². The molecule has 1 heterocycles. The van der Waals surface area contributed by atoms with Crippen LogP contribution in [0.1, 0.15) is 12.0 Å².